The van der Waals surface area contributed by atoms with Gasteiger partial charge in [0.15, 0.2) is 17.8 Å². The van der Waals surface area contributed by atoms with Crippen LogP contribution in [0.15, 0.2) is 16.6 Å². The molecule has 0 bridgehead atoms. The summed E-state index contributed by atoms with van der Waals surface area (Å²) in [6.45, 7) is 10.1. The maximum Gasteiger partial charge on any atom is 0.514 e. The predicted molar refractivity (Wildman–Crippen MR) is 93.3 cm³/mol. The second-order valence-corrected chi connectivity index (χ2v) is 7.84. The Kier molecular flexibility index (Phi) is 6.59. The van der Waals surface area contributed by atoms with Crippen molar-refractivity contribution in [2.24, 2.45) is 0 Å². The minimum absolute atomic E-state index is 0.0263. The lowest BCUT2D eigenvalue weighted by atomic mass is 10.2. The molecule has 0 aromatic heterocycles. The summed E-state index contributed by atoms with van der Waals surface area (Å²) in [4.78, 5) is 34.8. The van der Waals surface area contributed by atoms with Gasteiger partial charge in [0, 0.05) is 0 Å². The monoisotopic (exact) mass is 416 g/mol. The lowest BCUT2D eigenvalue weighted by Gasteiger charge is -2.20. The first-order chi connectivity index (χ1) is 11.3. The second kappa shape index (κ2) is 7.86. The molecule has 0 radical (unpaired) electrons. The number of hydrogen-bond donors (Lipinski definition) is 0. The molecule has 1 aromatic rings. The van der Waals surface area contributed by atoms with Crippen molar-refractivity contribution in [3.8, 4) is 11.5 Å². The Labute approximate surface area is 154 Å². The predicted octanol–water partition coefficient (Wildman–Crippen LogP) is 4.89. The molecule has 0 saturated carbocycles. The Hall–Kier alpha value is -2.09. The van der Waals surface area contributed by atoms with E-state index in [1.165, 1.54) is 12.1 Å². The van der Waals surface area contributed by atoms with Crippen LogP contribution in [0.25, 0.3) is 0 Å². The highest BCUT2D eigenvalue weighted by atomic mass is 79.9. The van der Waals surface area contributed by atoms with E-state index in [1.54, 1.807) is 41.5 Å². The van der Waals surface area contributed by atoms with E-state index in [4.69, 9.17) is 18.9 Å². The SMILES string of the molecule is CC(C)(C)OC(=O)Oc1ccc(C=O)c(OC(=O)OC(C)(C)C)c1Br. The summed E-state index contributed by atoms with van der Waals surface area (Å²) in [7, 11) is 0. The fourth-order valence-corrected chi connectivity index (χ4v) is 2.07. The molecule has 8 heteroatoms. The van der Waals surface area contributed by atoms with Crippen molar-refractivity contribution in [1.82, 2.24) is 0 Å². The van der Waals surface area contributed by atoms with Gasteiger partial charge in [0.25, 0.3) is 0 Å². The van der Waals surface area contributed by atoms with E-state index in [0.29, 0.717) is 6.29 Å². The van der Waals surface area contributed by atoms with E-state index >= 15 is 0 Å². The summed E-state index contributed by atoms with van der Waals surface area (Å²) in [6, 6.07) is 2.72. The maximum atomic E-state index is 11.9. The van der Waals surface area contributed by atoms with Crippen molar-refractivity contribution in [2.45, 2.75) is 52.7 Å². The van der Waals surface area contributed by atoms with Crippen LogP contribution >= 0.6 is 15.9 Å². The van der Waals surface area contributed by atoms with Gasteiger partial charge in [0.05, 0.1) is 5.56 Å². The molecule has 0 aliphatic heterocycles. The van der Waals surface area contributed by atoms with Gasteiger partial charge in [-0.1, -0.05) is 0 Å². The van der Waals surface area contributed by atoms with Crippen molar-refractivity contribution in [1.29, 1.82) is 0 Å². The van der Waals surface area contributed by atoms with Gasteiger partial charge in [-0.3, -0.25) is 4.79 Å². The van der Waals surface area contributed by atoms with Crippen LogP contribution in [0, 0.1) is 0 Å². The molecular weight excluding hydrogens is 396 g/mol. The molecule has 138 valence electrons. The van der Waals surface area contributed by atoms with Gasteiger partial charge in [-0.25, -0.2) is 9.59 Å². The van der Waals surface area contributed by atoms with Gasteiger partial charge in [-0.05, 0) is 69.6 Å². The van der Waals surface area contributed by atoms with Gasteiger partial charge < -0.3 is 18.9 Å². The van der Waals surface area contributed by atoms with Crippen LogP contribution in [0.3, 0.4) is 0 Å². The van der Waals surface area contributed by atoms with E-state index < -0.39 is 23.5 Å². The van der Waals surface area contributed by atoms with E-state index in [2.05, 4.69) is 15.9 Å². The molecule has 0 unspecified atom stereocenters. The molecular formula is C17H21BrO7. The van der Waals surface area contributed by atoms with Crippen LogP contribution in [0.2, 0.25) is 0 Å². The van der Waals surface area contributed by atoms with Crippen LogP contribution < -0.4 is 9.47 Å². The van der Waals surface area contributed by atoms with Gasteiger partial charge in [0.2, 0.25) is 0 Å². The van der Waals surface area contributed by atoms with Crippen molar-refractivity contribution in [3.05, 3.63) is 22.2 Å². The average molecular weight is 417 g/mol. The fourth-order valence-electron chi connectivity index (χ4n) is 1.54. The van der Waals surface area contributed by atoms with Gasteiger partial charge in [-0.2, -0.15) is 0 Å². The van der Waals surface area contributed by atoms with Gasteiger partial charge in [-0.15, -0.1) is 0 Å². The Balaban J connectivity index is 3.06. The third-order valence-electron chi connectivity index (χ3n) is 2.38. The minimum Gasteiger partial charge on any atom is -0.428 e. The van der Waals surface area contributed by atoms with Gasteiger partial charge >= 0.3 is 12.3 Å². The molecule has 0 aliphatic rings. The number of aldehydes is 1. The summed E-state index contributed by atoms with van der Waals surface area (Å²) in [5.74, 6) is -0.0938. The molecule has 0 heterocycles. The normalized spacial score (nSPS) is 11.5. The van der Waals surface area contributed by atoms with Crippen LogP contribution in [0.5, 0.6) is 11.5 Å². The zero-order valence-corrected chi connectivity index (χ0v) is 16.6. The molecule has 1 aromatic carbocycles. The highest BCUT2D eigenvalue weighted by Gasteiger charge is 2.24. The summed E-state index contributed by atoms with van der Waals surface area (Å²) < 4.78 is 20.4. The molecule has 0 atom stereocenters. The number of carbonyl (C=O) groups is 3. The molecule has 1 rings (SSSR count). The topological polar surface area (TPSA) is 88.1 Å². The smallest absolute Gasteiger partial charge is 0.428 e. The highest BCUT2D eigenvalue weighted by Crippen LogP contribution is 2.37. The largest absolute Gasteiger partial charge is 0.514 e. The molecule has 7 nitrogen and oxygen atoms in total. The van der Waals surface area contributed by atoms with E-state index in [9.17, 15) is 14.4 Å². The number of halogens is 1. The van der Waals surface area contributed by atoms with E-state index in [-0.39, 0.29) is 21.5 Å². The number of benzene rings is 1. The van der Waals surface area contributed by atoms with Crippen molar-refractivity contribution >= 4 is 34.5 Å². The summed E-state index contributed by atoms with van der Waals surface area (Å²) >= 11 is 3.16. The third kappa shape index (κ3) is 7.13. The molecule has 0 saturated heterocycles. The maximum absolute atomic E-state index is 11.9. The number of hydrogen-bond acceptors (Lipinski definition) is 7. The first-order valence-electron chi connectivity index (χ1n) is 7.42. The molecule has 0 N–H and O–H groups in total. The Bertz CT molecular complexity index is 669. The molecule has 0 amide bonds. The second-order valence-electron chi connectivity index (χ2n) is 7.05. The highest BCUT2D eigenvalue weighted by molar-refractivity contribution is 9.10. The lowest BCUT2D eigenvalue weighted by molar-refractivity contribution is 0.0201. The molecule has 0 fully saturated rings. The minimum atomic E-state index is -0.995. The Morgan fingerprint density at radius 2 is 1.40 bits per heavy atom. The standard InChI is InChI=1S/C17H21BrO7/c1-16(2,3)24-14(20)22-11-8-7-10(9-19)13(12(11)18)23-15(21)25-17(4,5)6/h7-9H,1-6H3. The summed E-state index contributed by atoms with van der Waals surface area (Å²) in [6.07, 6.45) is -1.43. The molecule has 0 spiro atoms. The van der Waals surface area contributed by atoms with Crippen molar-refractivity contribution < 1.29 is 33.3 Å². The zero-order chi connectivity index (χ0) is 19.4. The van der Waals surface area contributed by atoms with E-state index in [1.807, 2.05) is 0 Å². The van der Waals surface area contributed by atoms with Crippen LogP contribution in [0.4, 0.5) is 9.59 Å². The number of ether oxygens (including phenoxy) is 4. The van der Waals surface area contributed by atoms with Crippen LogP contribution in [0.1, 0.15) is 51.9 Å². The lowest BCUT2D eigenvalue weighted by Crippen LogP contribution is -2.27. The zero-order valence-electron chi connectivity index (χ0n) is 15.0. The number of carbonyl (C=O) groups excluding carboxylic acids is 3. The Morgan fingerprint density at radius 1 is 0.920 bits per heavy atom. The van der Waals surface area contributed by atoms with Crippen LogP contribution in [-0.2, 0) is 9.47 Å². The quantitative estimate of drug-likeness (QED) is 0.393. The van der Waals surface area contributed by atoms with Gasteiger partial charge in [0.1, 0.15) is 15.7 Å². The molecule has 25 heavy (non-hydrogen) atoms. The first-order valence-corrected chi connectivity index (χ1v) is 8.21. The van der Waals surface area contributed by atoms with Crippen molar-refractivity contribution in [2.75, 3.05) is 0 Å². The number of rotatable bonds is 3. The Morgan fingerprint density at radius 3 is 1.84 bits per heavy atom. The summed E-state index contributed by atoms with van der Waals surface area (Å²) in [5, 5.41) is 0. The summed E-state index contributed by atoms with van der Waals surface area (Å²) in [5.41, 5.74) is -1.42. The first kappa shape index (κ1) is 21.0. The average Bonchev–Trinajstić information content (AvgIpc) is 2.39. The van der Waals surface area contributed by atoms with Crippen molar-refractivity contribution in [3.63, 3.8) is 0 Å². The van der Waals surface area contributed by atoms with Crippen LogP contribution in [-0.4, -0.2) is 29.8 Å². The third-order valence-corrected chi connectivity index (χ3v) is 3.13. The fraction of sp³-hybridized carbons (Fsp3) is 0.471. The van der Waals surface area contributed by atoms with E-state index in [0.717, 1.165) is 0 Å². The molecule has 0 aliphatic carbocycles.